The van der Waals surface area contributed by atoms with Crippen LogP contribution in [-0.4, -0.2) is 49.5 Å². The summed E-state index contributed by atoms with van der Waals surface area (Å²) in [6.07, 6.45) is 3.21. The molecular weight excluding hydrogens is 284 g/mol. The minimum absolute atomic E-state index is 0.0135. The molecule has 116 valence electrons. The number of nitrogens with zero attached hydrogens (tertiary/aromatic N) is 2. The number of carbonyl (C=O) groups is 1. The summed E-state index contributed by atoms with van der Waals surface area (Å²) in [5.74, 6) is 0.805. The van der Waals surface area contributed by atoms with Gasteiger partial charge in [0.15, 0.2) is 5.96 Å². The number of hydrogen-bond donors (Lipinski definition) is 2. The molecule has 21 heavy (non-hydrogen) atoms. The monoisotopic (exact) mass is 308 g/mol. The number of rotatable bonds is 7. The smallest absolute Gasteiger partial charge is 0.242 e. The van der Waals surface area contributed by atoms with Crippen LogP contribution in [0.15, 0.2) is 22.5 Å². The third kappa shape index (κ3) is 5.75. The van der Waals surface area contributed by atoms with Crippen LogP contribution in [0.5, 0.6) is 0 Å². The van der Waals surface area contributed by atoms with Crippen molar-refractivity contribution in [3.63, 3.8) is 0 Å². The van der Waals surface area contributed by atoms with E-state index in [0.717, 1.165) is 38.3 Å². The first-order chi connectivity index (χ1) is 10.2. The van der Waals surface area contributed by atoms with Gasteiger partial charge in [0, 0.05) is 31.1 Å². The lowest BCUT2D eigenvalue weighted by Gasteiger charge is -2.21. The minimum Gasteiger partial charge on any atom is -0.357 e. The summed E-state index contributed by atoms with van der Waals surface area (Å²) in [5.41, 5.74) is 0. The fraction of sp³-hybridized carbons (Fsp3) is 0.600. The highest BCUT2D eigenvalue weighted by Crippen LogP contribution is 2.18. The molecule has 1 heterocycles. The highest BCUT2D eigenvalue weighted by atomic mass is 32.1. The van der Waals surface area contributed by atoms with E-state index < -0.39 is 0 Å². The molecule has 1 amide bonds. The summed E-state index contributed by atoms with van der Waals surface area (Å²) in [6, 6.07) is 4.61. The molecule has 5 nitrogen and oxygen atoms in total. The van der Waals surface area contributed by atoms with Gasteiger partial charge in [-0.05, 0) is 37.6 Å². The number of nitrogens with one attached hydrogen (secondary N) is 2. The molecule has 1 aliphatic carbocycles. The quantitative estimate of drug-likeness (QED) is 0.592. The fourth-order valence-corrected chi connectivity index (χ4v) is 2.65. The zero-order valence-electron chi connectivity index (χ0n) is 12.8. The van der Waals surface area contributed by atoms with E-state index in [1.165, 1.54) is 4.88 Å². The van der Waals surface area contributed by atoms with Crippen LogP contribution in [0.3, 0.4) is 0 Å². The summed E-state index contributed by atoms with van der Waals surface area (Å²) in [4.78, 5) is 19.6. The van der Waals surface area contributed by atoms with Crippen LogP contribution in [-0.2, 0) is 11.2 Å². The molecular formula is C15H24N4OS. The van der Waals surface area contributed by atoms with E-state index >= 15 is 0 Å². The van der Waals surface area contributed by atoms with Crippen molar-refractivity contribution >= 4 is 23.2 Å². The Bertz CT molecular complexity index is 468. The van der Waals surface area contributed by atoms with Gasteiger partial charge in [0.25, 0.3) is 0 Å². The molecule has 1 saturated carbocycles. The highest BCUT2D eigenvalue weighted by molar-refractivity contribution is 7.09. The highest BCUT2D eigenvalue weighted by Gasteiger charge is 2.22. The van der Waals surface area contributed by atoms with Crippen LogP contribution in [0.2, 0.25) is 0 Å². The van der Waals surface area contributed by atoms with Gasteiger partial charge in [-0.1, -0.05) is 6.07 Å². The van der Waals surface area contributed by atoms with Crippen LogP contribution in [0, 0.1) is 0 Å². The first kappa shape index (κ1) is 15.8. The standard InChI is InChI=1S/C15H24N4OS/c1-3-16-15(17-11-14(20)18-12-6-7-12)19(2)9-8-13-5-4-10-21-13/h4-5,10,12H,3,6-9,11H2,1-2H3,(H,16,17)(H,18,20). The molecule has 0 aromatic carbocycles. The van der Waals surface area contributed by atoms with Crippen molar-refractivity contribution in [2.75, 3.05) is 26.7 Å². The number of guanidine groups is 1. The maximum absolute atomic E-state index is 11.7. The third-order valence-electron chi connectivity index (χ3n) is 3.29. The summed E-state index contributed by atoms with van der Waals surface area (Å²) in [7, 11) is 2.01. The molecule has 1 fully saturated rings. The maximum atomic E-state index is 11.7. The summed E-state index contributed by atoms with van der Waals surface area (Å²) in [5, 5.41) is 8.28. The molecule has 2 N–H and O–H groups in total. The van der Waals surface area contributed by atoms with Crippen LogP contribution in [0.25, 0.3) is 0 Å². The average molecular weight is 308 g/mol. The molecule has 0 atom stereocenters. The van der Waals surface area contributed by atoms with Crippen molar-refractivity contribution in [1.29, 1.82) is 0 Å². The van der Waals surface area contributed by atoms with E-state index in [4.69, 9.17) is 0 Å². The maximum Gasteiger partial charge on any atom is 0.242 e. The molecule has 0 spiro atoms. The number of thiophene rings is 1. The van der Waals surface area contributed by atoms with Gasteiger partial charge in [0.2, 0.25) is 5.91 Å². The predicted octanol–water partition coefficient (Wildman–Crippen LogP) is 1.47. The Morgan fingerprint density at radius 1 is 1.52 bits per heavy atom. The van der Waals surface area contributed by atoms with Crippen molar-refractivity contribution in [3.05, 3.63) is 22.4 Å². The van der Waals surface area contributed by atoms with Gasteiger partial charge in [-0.2, -0.15) is 0 Å². The average Bonchev–Trinajstić information content (AvgIpc) is 3.12. The van der Waals surface area contributed by atoms with Gasteiger partial charge in [-0.15, -0.1) is 11.3 Å². The molecule has 0 bridgehead atoms. The lowest BCUT2D eigenvalue weighted by molar-refractivity contribution is -0.119. The molecule has 0 unspecified atom stereocenters. The van der Waals surface area contributed by atoms with E-state index in [2.05, 4.69) is 38.0 Å². The lowest BCUT2D eigenvalue weighted by atomic mass is 10.3. The number of carbonyl (C=O) groups excluding carboxylic acids is 1. The van der Waals surface area contributed by atoms with Crippen molar-refractivity contribution < 1.29 is 4.79 Å². The molecule has 6 heteroatoms. The van der Waals surface area contributed by atoms with Gasteiger partial charge < -0.3 is 15.5 Å². The Morgan fingerprint density at radius 2 is 2.33 bits per heavy atom. The van der Waals surface area contributed by atoms with Crippen LogP contribution in [0.1, 0.15) is 24.6 Å². The Labute approximate surface area is 130 Å². The first-order valence-electron chi connectivity index (χ1n) is 7.50. The Kier molecular flexibility index (Phi) is 6.04. The molecule has 0 radical (unpaired) electrons. The topological polar surface area (TPSA) is 56.7 Å². The second-order valence-electron chi connectivity index (χ2n) is 5.26. The zero-order chi connectivity index (χ0) is 15.1. The van der Waals surface area contributed by atoms with E-state index in [9.17, 15) is 4.79 Å². The molecule has 1 aromatic heterocycles. The van der Waals surface area contributed by atoms with Crippen molar-refractivity contribution in [2.24, 2.45) is 4.99 Å². The number of amides is 1. The summed E-state index contributed by atoms with van der Waals surface area (Å²) >= 11 is 1.77. The number of aliphatic imine (C=N–C) groups is 1. The lowest BCUT2D eigenvalue weighted by Crippen LogP contribution is -2.41. The summed E-state index contributed by atoms with van der Waals surface area (Å²) in [6.45, 7) is 3.91. The molecule has 0 aliphatic heterocycles. The van der Waals surface area contributed by atoms with Crippen molar-refractivity contribution in [1.82, 2.24) is 15.5 Å². The van der Waals surface area contributed by atoms with Gasteiger partial charge in [-0.25, -0.2) is 4.99 Å². The molecule has 0 saturated heterocycles. The van der Waals surface area contributed by atoms with E-state index in [1.54, 1.807) is 11.3 Å². The normalized spacial score (nSPS) is 14.9. The van der Waals surface area contributed by atoms with Crippen LogP contribution >= 0.6 is 11.3 Å². The van der Waals surface area contributed by atoms with Crippen LogP contribution in [0.4, 0.5) is 0 Å². The fourth-order valence-electron chi connectivity index (χ4n) is 1.96. The third-order valence-corrected chi connectivity index (χ3v) is 4.22. The van der Waals surface area contributed by atoms with Gasteiger partial charge in [0.1, 0.15) is 6.54 Å². The second-order valence-corrected chi connectivity index (χ2v) is 6.30. The van der Waals surface area contributed by atoms with Gasteiger partial charge in [0.05, 0.1) is 0 Å². The van der Waals surface area contributed by atoms with E-state index in [0.29, 0.717) is 6.04 Å². The van der Waals surface area contributed by atoms with E-state index in [-0.39, 0.29) is 12.5 Å². The summed E-state index contributed by atoms with van der Waals surface area (Å²) < 4.78 is 0. The zero-order valence-corrected chi connectivity index (χ0v) is 13.6. The second kappa shape index (κ2) is 8.02. The largest absolute Gasteiger partial charge is 0.357 e. The molecule has 1 aromatic rings. The Balaban J connectivity index is 1.81. The van der Waals surface area contributed by atoms with Gasteiger partial charge in [-0.3, -0.25) is 4.79 Å². The van der Waals surface area contributed by atoms with Crippen LogP contribution < -0.4 is 10.6 Å². The molecule has 1 aliphatic rings. The minimum atomic E-state index is 0.0135. The number of likely N-dealkylation sites (N-methyl/N-ethyl adjacent to an activating group) is 1. The van der Waals surface area contributed by atoms with Crippen molar-refractivity contribution in [2.45, 2.75) is 32.2 Å². The number of hydrogen-bond acceptors (Lipinski definition) is 3. The SMILES string of the molecule is CCNC(=NCC(=O)NC1CC1)N(C)CCc1cccs1. The Morgan fingerprint density at radius 3 is 2.95 bits per heavy atom. The Hall–Kier alpha value is -1.56. The van der Waals surface area contributed by atoms with Gasteiger partial charge >= 0.3 is 0 Å². The molecule has 2 rings (SSSR count). The predicted molar refractivity (Wildman–Crippen MR) is 87.8 cm³/mol. The first-order valence-corrected chi connectivity index (χ1v) is 8.38. The van der Waals surface area contributed by atoms with E-state index in [1.807, 2.05) is 14.0 Å². The van der Waals surface area contributed by atoms with Crippen molar-refractivity contribution in [3.8, 4) is 0 Å².